The first-order valence-corrected chi connectivity index (χ1v) is 19.3. The molecule has 0 spiro atoms. The van der Waals surface area contributed by atoms with Crippen molar-refractivity contribution < 1.29 is 26.6 Å². The van der Waals surface area contributed by atoms with Crippen LogP contribution in [0.5, 0.6) is 0 Å². The third-order valence-corrected chi connectivity index (χ3v) is 16.0. The summed E-state index contributed by atoms with van der Waals surface area (Å²) in [7, 11) is -8.54. The van der Waals surface area contributed by atoms with E-state index in [-0.39, 0.29) is 6.23 Å². The van der Waals surface area contributed by atoms with Gasteiger partial charge in [-0.3, -0.25) is 0 Å². The summed E-state index contributed by atoms with van der Waals surface area (Å²) in [5.41, 5.74) is 2.04. The van der Waals surface area contributed by atoms with Gasteiger partial charge >= 0.3 is 31.7 Å². The summed E-state index contributed by atoms with van der Waals surface area (Å²) in [6.45, 7) is 25.5. The van der Waals surface area contributed by atoms with Gasteiger partial charge in [0.1, 0.15) is 6.23 Å². The fraction of sp³-hybridized carbons (Fsp3) is 0.625. The van der Waals surface area contributed by atoms with Crippen molar-refractivity contribution in [1.82, 2.24) is 0 Å². The van der Waals surface area contributed by atoms with Crippen LogP contribution in [0.2, 0.25) is 25.7 Å². The standard InChI is InChI=1S/C24H46O6Si3/c1-10-14-15-16-17-18-21-32(8,28-20-12-3)30-33(9,22-26-24(25)23(5)6)29-31(7,13-4)27-19-11-2/h11-13H,2-5,10,14-22H2,1,6-9H3. The molecule has 0 bridgehead atoms. The molecule has 0 saturated heterocycles. The Balaban J connectivity index is 5.62. The summed E-state index contributed by atoms with van der Waals surface area (Å²) in [5, 5.41) is 0. The molecule has 0 saturated carbocycles. The van der Waals surface area contributed by atoms with E-state index in [4.69, 9.17) is 21.8 Å². The molecule has 3 atom stereocenters. The van der Waals surface area contributed by atoms with Crippen molar-refractivity contribution in [2.24, 2.45) is 0 Å². The number of esters is 1. The van der Waals surface area contributed by atoms with Gasteiger partial charge < -0.3 is 21.8 Å². The van der Waals surface area contributed by atoms with Crippen LogP contribution in [0.25, 0.3) is 0 Å². The van der Waals surface area contributed by atoms with Crippen LogP contribution in [0.4, 0.5) is 0 Å². The molecule has 6 nitrogen and oxygen atoms in total. The smallest absolute Gasteiger partial charge is 0.356 e. The van der Waals surface area contributed by atoms with Gasteiger partial charge in [0, 0.05) is 5.57 Å². The van der Waals surface area contributed by atoms with Gasteiger partial charge in [-0.25, -0.2) is 4.79 Å². The largest absolute Gasteiger partial charge is 0.460 e. The lowest BCUT2D eigenvalue weighted by atomic mass is 10.1. The predicted octanol–water partition coefficient (Wildman–Crippen LogP) is 6.39. The summed E-state index contributed by atoms with van der Waals surface area (Å²) < 4.78 is 30.9. The zero-order chi connectivity index (χ0) is 25.4. The average molecular weight is 515 g/mol. The Labute approximate surface area is 205 Å². The van der Waals surface area contributed by atoms with Crippen LogP contribution in [0.15, 0.2) is 49.7 Å². The van der Waals surface area contributed by atoms with Crippen molar-refractivity contribution in [3.63, 3.8) is 0 Å². The highest BCUT2D eigenvalue weighted by Crippen LogP contribution is 2.27. The Morgan fingerprint density at radius 2 is 1.42 bits per heavy atom. The number of hydrogen-bond acceptors (Lipinski definition) is 6. The van der Waals surface area contributed by atoms with Gasteiger partial charge in [0.15, 0.2) is 0 Å². The monoisotopic (exact) mass is 514 g/mol. The molecule has 33 heavy (non-hydrogen) atoms. The van der Waals surface area contributed by atoms with Crippen LogP contribution in [-0.4, -0.2) is 51.1 Å². The Hall–Kier alpha value is -1.08. The van der Waals surface area contributed by atoms with E-state index >= 15 is 0 Å². The Bertz CT molecular complexity index is 644. The molecule has 0 amide bonds. The van der Waals surface area contributed by atoms with Crippen molar-refractivity contribution in [3.05, 3.63) is 49.7 Å². The lowest BCUT2D eigenvalue weighted by Gasteiger charge is -2.40. The van der Waals surface area contributed by atoms with E-state index in [2.05, 4.69) is 39.8 Å². The zero-order valence-electron chi connectivity index (χ0n) is 21.6. The van der Waals surface area contributed by atoms with Gasteiger partial charge in [-0.2, -0.15) is 0 Å². The molecular formula is C24H46O6Si3. The lowest BCUT2D eigenvalue weighted by molar-refractivity contribution is -0.137. The van der Waals surface area contributed by atoms with Crippen molar-refractivity contribution >= 4 is 31.7 Å². The summed E-state index contributed by atoms with van der Waals surface area (Å²) in [4.78, 5) is 12.1. The minimum Gasteiger partial charge on any atom is -0.460 e. The van der Waals surface area contributed by atoms with Gasteiger partial charge in [-0.05, 0) is 32.6 Å². The maximum atomic E-state index is 12.1. The minimum atomic E-state index is -3.08. The fourth-order valence-corrected chi connectivity index (χ4v) is 15.0. The molecule has 0 aromatic carbocycles. The molecule has 9 heteroatoms. The minimum absolute atomic E-state index is 0.0170. The van der Waals surface area contributed by atoms with Crippen LogP contribution in [0.3, 0.4) is 0 Å². The maximum Gasteiger partial charge on any atom is 0.356 e. The molecule has 0 aromatic heterocycles. The second kappa shape index (κ2) is 16.5. The molecule has 0 aliphatic carbocycles. The normalized spacial score (nSPS) is 16.6. The summed E-state index contributed by atoms with van der Waals surface area (Å²) in [5.74, 6) is -0.471. The molecule has 0 N–H and O–H groups in total. The van der Waals surface area contributed by atoms with E-state index in [1.165, 1.54) is 25.7 Å². The molecule has 0 aliphatic heterocycles. The molecule has 190 valence electrons. The van der Waals surface area contributed by atoms with E-state index in [0.29, 0.717) is 18.8 Å². The van der Waals surface area contributed by atoms with Gasteiger partial charge in [0.2, 0.25) is 0 Å². The zero-order valence-corrected chi connectivity index (χ0v) is 24.6. The highest BCUT2D eigenvalue weighted by atomic mass is 28.5. The lowest BCUT2D eigenvalue weighted by Crippen LogP contribution is -2.60. The summed E-state index contributed by atoms with van der Waals surface area (Å²) >= 11 is 0. The second-order valence-electron chi connectivity index (χ2n) is 8.77. The average Bonchev–Trinajstić information content (AvgIpc) is 2.77. The van der Waals surface area contributed by atoms with Gasteiger partial charge in [-0.1, -0.05) is 69.9 Å². The fourth-order valence-electron chi connectivity index (χ4n) is 3.25. The molecule has 3 unspecified atom stereocenters. The van der Waals surface area contributed by atoms with Crippen molar-refractivity contribution in [2.75, 3.05) is 19.4 Å². The first-order chi connectivity index (χ1) is 15.5. The molecule has 0 aromatic rings. The third kappa shape index (κ3) is 14.0. The van der Waals surface area contributed by atoms with E-state index < -0.39 is 31.7 Å². The van der Waals surface area contributed by atoms with Crippen molar-refractivity contribution in [3.8, 4) is 0 Å². The third-order valence-electron chi connectivity index (χ3n) is 5.01. The Kier molecular flexibility index (Phi) is 16.0. The Morgan fingerprint density at radius 1 is 0.848 bits per heavy atom. The molecule has 0 aliphatic rings. The number of ether oxygens (including phenoxy) is 1. The van der Waals surface area contributed by atoms with Crippen LogP contribution < -0.4 is 0 Å². The van der Waals surface area contributed by atoms with Crippen LogP contribution >= 0.6 is 0 Å². The van der Waals surface area contributed by atoms with E-state index in [0.717, 1.165) is 18.9 Å². The van der Waals surface area contributed by atoms with E-state index in [1.54, 1.807) is 24.8 Å². The molecule has 0 fully saturated rings. The van der Waals surface area contributed by atoms with Crippen LogP contribution in [-0.2, 0) is 26.6 Å². The summed E-state index contributed by atoms with van der Waals surface area (Å²) in [6.07, 6.45) is 10.5. The highest BCUT2D eigenvalue weighted by Gasteiger charge is 2.48. The molecule has 0 heterocycles. The number of hydrogen-bond donors (Lipinski definition) is 0. The number of carbonyl (C=O) groups excluding carboxylic acids is 1. The SMILES string of the molecule is C=CCO[Si](C)(C=C)O[Si](C)(COC(=O)C(=C)C)O[Si](C)(CCCCCCCC)OCC=C. The number of unbranched alkanes of at least 4 members (excludes halogenated alkanes) is 5. The van der Waals surface area contributed by atoms with E-state index in [1.807, 2.05) is 13.1 Å². The Morgan fingerprint density at radius 3 is 1.97 bits per heavy atom. The van der Waals surface area contributed by atoms with Crippen LogP contribution in [0.1, 0.15) is 52.4 Å². The molecule has 0 rings (SSSR count). The first-order valence-electron chi connectivity index (χ1n) is 11.8. The predicted molar refractivity (Wildman–Crippen MR) is 143 cm³/mol. The maximum absolute atomic E-state index is 12.1. The van der Waals surface area contributed by atoms with Crippen molar-refractivity contribution in [1.29, 1.82) is 0 Å². The number of rotatable bonds is 21. The highest BCUT2D eigenvalue weighted by molar-refractivity contribution is 6.87. The summed E-state index contributed by atoms with van der Waals surface area (Å²) in [6, 6.07) is 0.827. The second-order valence-corrected chi connectivity index (χ2v) is 18.7. The quantitative estimate of drug-likeness (QED) is 0.0582. The van der Waals surface area contributed by atoms with Crippen LogP contribution in [0, 0.1) is 0 Å². The molecule has 0 radical (unpaired) electrons. The van der Waals surface area contributed by atoms with Gasteiger partial charge in [-0.15, -0.1) is 19.7 Å². The molecular weight excluding hydrogens is 469 g/mol. The first kappa shape index (κ1) is 31.9. The van der Waals surface area contributed by atoms with E-state index in [9.17, 15) is 4.79 Å². The topological polar surface area (TPSA) is 63.2 Å². The van der Waals surface area contributed by atoms with Crippen molar-refractivity contribution in [2.45, 2.75) is 78.1 Å². The van der Waals surface area contributed by atoms with Gasteiger partial charge in [0.05, 0.1) is 13.2 Å². The number of carbonyl (C=O) groups is 1. The van der Waals surface area contributed by atoms with Gasteiger partial charge in [0.25, 0.3) is 0 Å².